The number of hydrogen-bond donors (Lipinski definition) is 2. The lowest BCUT2D eigenvalue weighted by molar-refractivity contribution is 0.102. The molecule has 2 aromatic heterocycles. The number of ether oxygens (including phenoxy) is 1. The summed E-state index contributed by atoms with van der Waals surface area (Å²) in [7, 11) is 0. The van der Waals surface area contributed by atoms with E-state index in [1.54, 1.807) is 12.1 Å². The van der Waals surface area contributed by atoms with Crippen molar-refractivity contribution in [2.24, 2.45) is 0 Å². The highest BCUT2D eigenvalue weighted by Gasteiger charge is 2.14. The number of rotatable bonds is 3. The fourth-order valence-corrected chi connectivity index (χ4v) is 2.76. The number of amides is 1. The smallest absolute Gasteiger partial charge is 0.256 e. The van der Waals surface area contributed by atoms with Gasteiger partial charge in [-0.2, -0.15) is 0 Å². The van der Waals surface area contributed by atoms with E-state index in [1.807, 2.05) is 24.4 Å². The van der Waals surface area contributed by atoms with Gasteiger partial charge in [-0.3, -0.25) is 4.79 Å². The SMILES string of the molecule is O=C(Nc1cc(N2CCOCC2)ncn1)c1ccc2[nH]ccc2c1. The first-order valence-corrected chi connectivity index (χ1v) is 7.83. The van der Waals surface area contributed by atoms with E-state index in [0.29, 0.717) is 24.6 Å². The topological polar surface area (TPSA) is 83.1 Å². The molecule has 24 heavy (non-hydrogen) atoms. The third-order valence-corrected chi connectivity index (χ3v) is 4.04. The maximum Gasteiger partial charge on any atom is 0.256 e. The normalized spacial score (nSPS) is 14.8. The lowest BCUT2D eigenvalue weighted by Crippen LogP contribution is -2.36. The Kier molecular flexibility index (Phi) is 3.84. The number of hydrogen-bond acceptors (Lipinski definition) is 5. The van der Waals surface area contributed by atoms with Crippen LogP contribution < -0.4 is 10.2 Å². The average Bonchev–Trinajstić information content (AvgIpc) is 3.10. The van der Waals surface area contributed by atoms with Crippen molar-refractivity contribution in [2.45, 2.75) is 0 Å². The largest absolute Gasteiger partial charge is 0.378 e. The minimum Gasteiger partial charge on any atom is -0.378 e. The van der Waals surface area contributed by atoms with Crippen LogP contribution in [-0.2, 0) is 4.74 Å². The molecule has 7 nitrogen and oxygen atoms in total. The van der Waals surface area contributed by atoms with Crippen LogP contribution in [0, 0.1) is 0 Å². The standard InChI is InChI=1S/C17H17N5O2/c23-17(13-1-2-14-12(9-13)3-4-18-14)21-15-10-16(20-11-19-15)22-5-7-24-8-6-22/h1-4,9-11,18H,5-8H2,(H,19,20,21,23). The molecule has 0 radical (unpaired) electrons. The zero-order valence-electron chi connectivity index (χ0n) is 13.0. The van der Waals surface area contributed by atoms with Gasteiger partial charge in [0.2, 0.25) is 0 Å². The number of benzene rings is 1. The molecule has 3 heterocycles. The Bertz CT molecular complexity index is 870. The van der Waals surface area contributed by atoms with Gasteiger partial charge in [0.1, 0.15) is 18.0 Å². The number of anilines is 2. The molecule has 1 aliphatic heterocycles. The Morgan fingerprint density at radius 1 is 1.17 bits per heavy atom. The Balaban J connectivity index is 1.52. The van der Waals surface area contributed by atoms with E-state index in [9.17, 15) is 4.79 Å². The molecule has 0 unspecified atom stereocenters. The van der Waals surface area contributed by atoms with Gasteiger partial charge in [0.25, 0.3) is 5.91 Å². The number of carbonyl (C=O) groups excluding carboxylic acids is 1. The minimum absolute atomic E-state index is 0.190. The highest BCUT2D eigenvalue weighted by atomic mass is 16.5. The van der Waals surface area contributed by atoms with Crippen molar-refractivity contribution >= 4 is 28.4 Å². The van der Waals surface area contributed by atoms with Crippen molar-refractivity contribution in [2.75, 3.05) is 36.5 Å². The summed E-state index contributed by atoms with van der Waals surface area (Å²) in [5.74, 6) is 1.10. The van der Waals surface area contributed by atoms with Crippen molar-refractivity contribution < 1.29 is 9.53 Å². The molecule has 0 spiro atoms. The molecular formula is C17H17N5O2. The summed E-state index contributed by atoms with van der Waals surface area (Å²) >= 11 is 0. The number of morpholine rings is 1. The van der Waals surface area contributed by atoms with E-state index in [1.165, 1.54) is 6.33 Å². The lowest BCUT2D eigenvalue weighted by Gasteiger charge is -2.27. The molecular weight excluding hydrogens is 306 g/mol. The average molecular weight is 323 g/mol. The van der Waals surface area contributed by atoms with Gasteiger partial charge in [-0.05, 0) is 24.3 Å². The van der Waals surface area contributed by atoms with E-state index in [-0.39, 0.29) is 5.91 Å². The molecule has 3 aromatic rings. The van der Waals surface area contributed by atoms with Crippen LogP contribution >= 0.6 is 0 Å². The maximum absolute atomic E-state index is 12.5. The summed E-state index contributed by atoms with van der Waals surface area (Å²) in [6, 6.07) is 9.26. The highest BCUT2D eigenvalue weighted by molar-refractivity contribution is 6.05. The second-order valence-corrected chi connectivity index (χ2v) is 5.59. The number of fused-ring (bicyclic) bond motifs is 1. The van der Waals surface area contributed by atoms with Crippen LogP contribution in [0.4, 0.5) is 11.6 Å². The first kappa shape index (κ1) is 14.6. The van der Waals surface area contributed by atoms with Crippen LogP contribution in [0.1, 0.15) is 10.4 Å². The van der Waals surface area contributed by atoms with Gasteiger partial charge in [0.05, 0.1) is 13.2 Å². The lowest BCUT2D eigenvalue weighted by atomic mass is 10.1. The van der Waals surface area contributed by atoms with E-state index in [0.717, 1.165) is 29.8 Å². The molecule has 122 valence electrons. The summed E-state index contributed by atoms with van der Waals surface area (Å²) in [5.41, 5.74) is 1.59. The second kappa shape index (κ2) is 6.29. The highest BCUT2D eigenvalue weighted by Crippen LogP contribution is 2.18. The third kappa shape index (κ3) is 2.93. The van der Waals surface area contributed by atoms with Crippen LogP contribution in [0.15, 0.2) is 42.9 Å². The quantitative estimate of drug-likeness (QED) is 0.771. The van der Waals surface area contributed by atoms with Gasteiger partial charge in [-0.1, -0.05) is 0 Å². The maximum atomic E-state index is 12.5. The molecule has 7 heteroatoms. The van der Waals surface area contributed by atoms with Gasteiger partial charge in [-0.15, -0.1) is 0 Å². The fourth-order valence-electron chi connectivity index (χ4n) is 2.76. The number of H-pyrrole nitrogens is 1. The number of carbonyl (C=O) groups is 1. The molecule has 2 N–H and O–H groups in total. The molecule has 1 aromatic carbocycles. The molecule has 0 saturated carbocycles. The summed E-state index contributed by atoms with van der Waals surface area (Å²) in [6.45, 7) is 2.94. The molecule has 0 bridgehead atoms. The van der Waals surface area contributed by atoms with Crippen LogP contribution in [0.5, 0.6) is 0 Å². The van der Waals surface area contributed by atoms with Gasteiger partial charge in [0, 0.05) is 41.8 Å². The first-order chi connectivity index (χ1) is 11.8. The minimum atomic E-state index is -0.190. The van der Waals surface area contributed by atoms with Crippen molar-refractivity contribution in [3.63, 3.8) is 0 Å². The summed E-state index contributed by atoms with van der Waals surface area (Å²) in [4.78, 5) is 26.1. The zero-order chi connectivity index (χ0) is 16.4. The first-order valence-electron chi connectivity index (χ1n) is 7.83. The second-order valence-electron chi connectivity index (χ2n) is 5.59. The van der Waals surface area contributed by atoms with Gasteiger partial charge in [-0.25, -0.2) is 9.97 Å². The molecule has 1 aliphatic rings. The Hall–Kier alpha value is -2.93. The van der Waals surface area contributed by atoms with Crippen LogP contribution in [0.25, 0.3) is 10.9 Å². The fraction of sp³-hybridized carbons (Fsp3) is 0.235. The van der Waals surface area contributed by atoms with E-state index < -0.39 is 0 Å². The van der Waals surface area contributed by atoms with Crippen molar-refractivity contribution in [1.29, 1.82) is 0 Å². The Labute approximate surface area is 138 Å². The summed E-state index contributed by atoms with van der Waals surface area (Å²) in [5, 5.41) is 3.84. The van der Waals surface area contributed by atoms with Crippen molar-refractivity contribution in [1.82, 2.24) is 15.0 Å². The summed E-state index contributed by atoms with van der Waals surface area (Å²) in [6.07, 6.45) is 3.32. The molecule has 0 aliphatic carbocycles. The third-order valence-electron chi connectivity index (χ3n) is 4.04. The van der Waals surface area contributed by atoms with E-state index in [2.05, 4.69) is 25.2 Å². The number of aromatic amines is 1. The number of aromatic nitrogens is 3. The number of nitrogens with one attached hydrogen (secondary N) is 2. The molecule has 1 amide bonds. The predicted octanol–water partition coefficient (Wildman–Crippen LogP) is 2.05. The van der Waals surface area contributed by atoms with E-state index >= 15 is 0 Å². The van der Waals surface area contributed by atoms with Crippen LogP contribution in [-0.4, -0.2) is 47.2 Å². The molecule has 1 fully saturated rings. The van der Waals surface area contributed by atoms with Crippen LogP contribution in [0.3, 0.4) is 0 Å². The zero-order valence-corrected chi connectivity index (χ0v) is 13.0. The summed E-state index contributed by atoms with van der Waals surface area (Å²) < 4.78 is 5.34. The van der Waals surface area contributed by atoms with Gasteiger partial charge in [0.15, 0.2) is 0 Å². The van der Waals surface area contributed by atoms with E-state index in [4.69, 9.17) is 4.74 Å². The van der Waals surface area contributed by atoms with Crippen molar-refractivity contribution in [3.8, 4) is 0 Å². The molecule has 0 atom stereocenters. The Morgan fingerprint density at radius 2 is 2.04 bits per heavy atom. The molecule has 1 saturated heterocycles. The van der Waals surface area contributed by atoms with Crippen molar-refractivity contribution in [3.05, 3.63) is 48.4 Å². The predicted molar refractivity (Wildman–Crippen MR) is 91.3 cm³/mol. The van der Waals surface area contributed by atoms with Crippen LogP contribution in [0.2, 0.25) is 0 Å². The monoisotopic (exact) mass is 323 g/mol. The number of nitrogens with zero attached hydrogens (tertiary/aromatic N) is 3. The van der Waals surface area contributed by atoms with Gasteiger partial charge >= 0.3 is 0 Å². The Morgan fingerprint density at radius 3 is 2.92 bits per heavy atom. The molecule has 4 rings (SSSR count). The van der Waals surface area contributed by atoms with Gasteiger partial charge < -0.3 is 19.9 Å².